The van der Waals surface area contributed by atoms with Crippen LogP contribution in [0.5, 0.6) is 0 Å². The van der Waals surface area contributed by atoms with Gasteiger partial charge < -0.3 is 5.11 Å². The van der Waals surface area contributed by atoms with Crippen molar-refractivity contribution in [3.8, 4) is 0 Å². The highest BCUT2D eigenvalue weighted by Crippen LogP contribution is 2.13. The summed E-state index contributed by atoms with van der Waals surface area (Å²) in [6.45, 7) is 0.172. The van der Waals surface area contributed by atoms with E-state index in [1.807, 2.05) is 0 Å². The molecule has 2 unspecified atom stereocenters. The van der Waals surface area contributed by atoms with Crippen LogP contribution in [0.3, 0.4) is 0 Å². The number of aromatic nitrogens is 3. The summed E-state index contributed by atoms with van der Waals surface area (Å²) in [7, 11) is -3.77. The van der Waals surface area contributed by atoms with Crippen molar-refractivity contribution in [1.82, 2.24) is 30.8 Å². The Kier molecular flexibility index (Phi) is 4.09. The van der Waals surface area contributed by atoms with E-state index in [2.05, 4.69) is 30.8 Å². The minimum Gasteiger partial charge on any atom is -0.481 e. The topological polar surface area (TPSA) is 149 Å². The number of rotatable bonds is 6. The molecule has 1 aliphatic heterocycles. The molecule has 2 rings (SSSR count). The second-order valence-corrected chi connectivity index (χ2v) is 5.90. The van der Waals surface area contributed by atoms with Crippen molar-refractivity contribution < 1.29 is 18.3 Å². The van der Waals surface area contributed by atoms with E-state index < -0.39 is 27.3 Å². The van der Waals surface area contributed by atoms with Crippen LogP contribution in [0.2, 0.25) is 0 Å². The lowest BCUT2D eigenvalue weighted by Crippen LogP contribution is -2.47. The molecule has 2 atom stereocenters. The largest absolute Gasteiger partial charge is 0.481 e. The van der Waals surface area contributed by atoms with Crippen molar-refractivity contribution in [1.29, 1.82) is 0 Å². The minimum absolute atomic E-state index is 0.0585. The van der Waals surface area contributed by atoms with Gasteiger partial charge in [0.25, 0.3) is 0 Å². The zero-order valence-corrected chi connectivity index (χ0v) is 10.6. The minimum atomic E-state index is -3.77. The first kappa shape index (κ1) is 13.9. The lowest BCUT2D eigenvalue weighted by molar-refractivity contribution is -0.140. The van der Waals surface area contributed by atoms with E-state index in [0.29, 0.717) is 12.2 Å². The maximum absolute atomic E-state index is 12.0. The normalized spacial score (nSPS) is 23.6. The number of aliphatic carboxylic acids is 1. The van der Waals surface area contributed by atoms with Crippen molar-refractivity contribution in [2.75, 3.05) is 13.1 Å². The predicted octanol–water partition coefficient (Wildman–Crippen LogP) is -2.60. The average molecular weight is 290 g/mol. The van der Waals surface area contributed by atoms with Crippen molar-refractivity contribution in [2.24, 2.45) is 5.92 Å². The Morgan fingerprint density at radius 2 is 2.37 bits per heavy atom. The Labute approximate surface area is 109 Å². The van der Waals surface area contributed by atoms with Crippen LogP contribution in [0.4, 0.5) is 0 Å². The summed E-state index contributed by atoms with van der Waals surface area (Å²) < 4.78 is 26.2. The molecule has 1 aromatic rings. The molecule has 2 heterocycles. The summed E-state index contributed by atoms with van der Waals surface area (Å²) in [4.78, 5) is 14.8. The molecule has 1 saturated heterocycles. The van der Waals surface area contributed by atoms with Gasteiger partial charge >= 0.3 is 5.97 Å². The van der Waals surface area contributed by atoms with Gasteiger partial charge in [0.05, 0.1) is 0 Å². The monoisotopic (exact) mass is 290 g/mol. The number of sulfonamides is 1. The van der Waals surface area contributed by atoms with Gasteiger partial charge in [-0.15, -0.1) is 0 Å². The summed E-state index contributed by atoms with van der Waals surface area (Å²) in [6, 6.07) is 0. The molecule has 0 spiro atoms. The fourth-order valence-corrected chi connectivity index (χ4v) is 3.19. The van der Waals surface area contributed by atoms with E-state index in [9.17, 15) is 13.2 Å². The zero-order chi connectivity index (χ0) is 13.9. The smallest absolute Gasteiger partial charge is 0.310 e. The third kappa shape index (κ3) is 3.26. The van der Waals surface area contributed by atoms with E-state index >= 15 is 0 Å². The highest BCUT2D eigenvalue weighted by molar-refractivity contribution is 7.90. The molecule has 0 aliphatic carbocycles. The van der Waals surface area contributed by atoms with Gasteiger partial charge in [-0.05, 0) is 0 Å². The number of nitrogens with one attached hydrogen (secondary N) is 4. The van der Waals surface area contributed by atoms with Gasteiger partial charge in [-0.1, -0.05) is 0 Å². The summed E-state index contributed by atoms with van der Waals surface area (Å²) in [5, 5.41) is 14.0. The quantitative estimate of drug-likeness (QED) is 0.383. The van der Waals surface area contributed by atoms with Crippen molar-refractivity contribution in [3.63, 3.8) is 0 Å². The van der Waals surface area contributed by atoms with Gasteiger partial charge in [0.15, 0.2) is 5.37 Å². The van der Waals surface area contributed by atoms with Gasteiger partial charge in [-0.25, -0.2) is 23.5 Å². The molecule has 1 aromatic heterocycles. The number of nitrogens with zero attached hydrogens (tertiary/aromatic N) is 2. The number of hydrogen-bond acceptors (Lipinski definition) is 7. The van der Waals surface area contributed by atoms with Crippen LogP contribution < -0.4 is 15.6 Å². The molecule has 11 heteroatoms. The maximum atomic E-state index is 12.0. The molecule has 19 heavy (non-hydrogen) atoms. The molecule has 0 aromatic carbocycles. The Hall–Kier alpha value is -1.56. The van der Waals surface area contributed by atoms with E-state index in [1.54, 1.807) is 0 Å². The number of carboxylic acid groups (broad SMARTS) is 1. The molecule has 0 bridgehead atoms. The van der Waals surface area contributed by atoms with Crippen LogP contribution in [-0.4, -0.2) is 53.1 Å². The third-order valence-electron chi connectivity index (χ3n) is 2.71. The molecular weight excluding hydrogens is 276 g/mol. The second kappa shape index (κ2) is 5.61. The van der Waals surface area contributed by atoms with Crippen LogP contribution >= 0.6 is 0 Å². The number of aromatic amines is 1. The molecule has 1 aliphatic rings. The molecule has 1 fully saturated rings. The van der Waals surface area contributed by atoms with E-state index in [4.69, 9.17) is 5.11 Å². The van der Waals surface area contributed by atoms with E-state index in [0.717, 1.165) is 0 Å². The Bertz CT molecular complexity index is 529. The average Bonchev–Trinajstić information content (AvgIpc) is 2.99. The Balaban J connectivity index is 1.92. The first-order valence-electron chi connectivity index (χ1n) is 5.54. The summed E-state index contributed by atoms with van der Waals surface area (Å²) in [5.41, 5.74) is 4.99. The van der Waals surface area contributed by atoms with Gasteiger partial charge in [0, 0.05) is 19.5 Å². The van der Waals surface area contributed by atoms with Crippen molar-refractivity contribution in [2.45, 2.75) is 11.8 Å². The lowest BCUT2D eigenvalue weighted by Gasteiger charge is -2.16. The highest BCUT2D eigenvalue weighted by atomic mass is 32.2. The van der Waals surface area contributed by atoms with Crippen molar-refractivity contribution in [3.05, 3.63) is 12.2 Å². The van der Waals surface area contributed by atoms with Crippen molar-refractivity contribution >= 4 is 16.0 Å². The number of carbonyl (C=O) groups is 1. The lowest BCUT2D eigenvalue weighted by atomic mass is 10.2. The first-order chi connectivity index (χ1) is 9.00. The Morgan fingerprint density at radius 3 is 3.00 bits per heavy atom. The van der Waals surface area contributed by atoms with E-state index in [1.165, 1.54) is 6.33 Å². The SMILES string of the molecule is O=C(O)C1CNNC1S(=O)(=O)NCCc1ncn[nH]1. The zero-order valence-electron chi connectivity index (χ0n) is 9.83. The molecule has 0 radical (unpaired) electrons. The van der Waals surface area contributed by atoms with Crippen LogP contribution in [0.25, 0.3) is 0 Å². The maximum Gasteiger partial charge on any atom is 0.310 e. The molecular formula is C8H14N6O4S. The van der Waals surface area contributed by atoms with Gasteiger partial charge in [-0.3, -0.25) is 15.3 Å². The summed E-state index contributed by atoms with van der Waals surface area (Å²) >= 11 is 0. The molecule has 0 saturated carbocycles. The van der Waals surface area contributed by atoms with Gasteiger partial charge in [-0.2, -0.15) is 5.10 Å². The Morgan fingerprint density at radius 1 is 1.58 bits per heavy atom. The second-order valence-electron chi connectivity index (χ2n) is 4.01. The molecule has 106 valence electrons. The fraction of sp³-hybridized carbons (Fsp3) is 0.625. The molecule has 10 nitrogen and oxygen atoms in total. The number of hydrogen-bond donors (Lipinski definition) is 5. The number of hydrazine groups is 1. The van der Waals surface area contributed by atoms with Crippen LogP contribution in [0.1, 0.15) is 5.82 Å². The first-order valence-corrected chi connectivity index (χ1v) is 7.09. The summed E-state index contributed by atoms with van der Waals surface area (Å²) in [6.07, 6.45) is 1.67. The third-order valence-corrected chi connectivity index (χ3v) is 4.43. The van der Waals surface area contributed by atoms with Crippen LogP contribution in [0, 0.1) is 5.92 Å². The van der Waals surface area contributed by atoms with Gasteiger partial charge in [0.2, 0.25) is 10.0 Å². The van der Waals surface area contributed by atoms with Crippen LogP contribution in [0.15, 0.2) is 6.33 Å². The number of H-pyrrole nitrogens is 1. The predicted molar refractivity (Wildman–Crippen MR) is 63.1 cm³/mol. The standard InChI is InChI=1S/C8H14N6O4S/c15-8(16)5-3-10-14-7(5)19(17,18)12-2-1-6-9-4-11-13-6/h4-5,7,10,12,14H,1-3H2,(H,15,16)(H,9,11,13). The highest BCUT2D eigenvalue weighted by Gasteiger charge is 2.41. The molecule has 5 N–H and O–H groups in total. The fourth-order valence-electron chi connectivity index (χ4n) is 1.74. The number of carboxylic acids is 1. The van der Waals surface area contributed by atoms with Crippen LogP contribution in [-0.2, 0) is 21.2 Å². The molecule has 0 amide bonds. The summed E-state index contributed by atoms with van der Waals surface area (Å²) in [5.74, 6) is -1.64. The van der Waals surface area contributed by atoms with E-state index in [-0.39, 0.29) is 13.1 Å². The van der Waals surface area contributed by atoms with Gasteiger partial charge in [0.1, 0.15) is 18.1 Å².